The SMILES string of the molecule is C[C@H](NP(=O)(OCOC(=O)C(C)(C)C1COCC1C(C)(C)C(=O)O)Oc1cccc2ccccc12)C(=O)OC1CCC1. The van der Waals surface area contributed by atoms with E-state index in [0.29, 0.717) is 5.39 Å². The molecule has 230 valence electrons. The summed E-state index contributed by atoms with van der Waals surface area (Å²) in [5.41, 5.74) is -2.28. The second-order valence-electron chi connectivity index (χ2n) is 12.1. The predicted octanol–water partition coefficient (Wildman–Crippen LogP) is 5.32. The van der Waals surface area contributed by atoms with E-state index in [1.165, 1.54) is 6.92 Å². The summed E-state index contributed by atoms with van der Waals surface area (Å²) < 4.78 is 41.9. The molecule has 4 rings (SSSR count). The van der Waals surface area contributed by atoms with Crippen LogP contribution < -0.4 is 9.61 Å². The van der Waals surface area contributed by atoms with E-state index in [0.717, 1.165) is 24.6 Å². The molecule has 1 saturated heterocycles. The van der Waals surface area contributed by atoms with E-state index in [-0.39, 0.29) is 25.1 Å². The smallest absolute Gasteiger partial charge is 0.462 e. The van der Waals surface area contributed by atoms with Gasteiger partial charge in [-0.2, -0.15) is 5.09 Å². The van der Waals surface area contributed by atoms with E-state index in [9.17, 15) is 24.1 Å². The summed E-state index contributed by atoms with van der Waals surface area (Å²) in [6.45, 7) is 7.65. The van der Waals surface area contributed by atoms with E-state index in [1.54, 1.807) is 45.9 Å². The molecule has 1 heterocycles. The highest BCUT2D eigenvalue weighted by molar-refractivity contribution is 7.52. The van der Waals surface area contributed by atoms with Gasteiger partial charge in [0.15, 0.2) is 0 Å². The molecule has 0 spiro atoms. The fraction of sp³-hybridized carbons (Fsp3) is 0.567. The topological polar surface area (TPSA) is 147 Å². The number of carbonyl (C=O) groups excluding carboxylic acids is 2. The van der Waals surface area contributed by atoms with Crippen molar-refractivity contribution in [2.45, 2.75) is 66.0 Å². The fourth-order valence-corrected chi connectivity index (χ4v) is 6.53. The van der Waals surface area contributed by atoms with Crippen molar-refractivity contribution >= 4 is 36.4 Å². The molecule has 2 aromatic rings. The minimum Gasteiger partial charge on any atom is -0.481 e. The maximum atomic E-state index is 14.0. The molecule has 42 heavy (non-hydrogen) atoms. The van der Waals surface area contributed by atoms with E-state index in [4.69, 9.17) is 23.3 Å². The highest BCUT2D eigenvalue weighted by Gasteiger charge is 2.53. The number of benzene rings is 2. The van der Waals surface area contributed by atoms with Crippen molar-refractivity contribution in [3.8, 4) is 5.75 Å². The van der Waals surface area contributed by atoms with Gasteiger partial charge in [0.05, 0.1) is 24.0 Å². The number of hydrogen-bond donors (Lipinski definition) is 2. The number of rotatable bonds is 13. The Morgan fingerprint density at radius 2 is 1.67 bits per heavy atom. The Balaban J connectivity index is 1.48. The number of carbonyl (C=O) groups is 3. The monoisotopic (exact) mass is 605 g/mol. The van der Waals surface area contributed by atoms with Crippen molar-refractivity contribution in [1.29, 1.82) is 0 Å². The lowest BCUT2D eigenvalue weighted by atomic mass is 9.64. The Morgan fingerprint density at radius 3 is 2.31 bits per heavy atom. The van der Waals surface area contributed by atoms with Crippen molar-refractivity contribution in [2.24, 2.45) is 22.7 Å². The third-order valence-corrected chi connectivity index (χ3v) is 10.0. The first kappa shape index (κ1) is 31.9. The fourth-order valence-electron chi connectivity index (χ4n) is 5.16. The van der Waals surface area contributed by atoms with Crippen LogP contribution in [0.4, 0.5) is 0 Å². The molecule has 2 aromatic carbocycles. The lowest BCUT2D eigenvalue weighted by molar-refractivity contribution is -0.168. The molecule has 2 aliphatic rings. The van der Waals surface area contributed by atoms with E-state index < -0.39 is 61.2 Å². The standard InChI is InChI=1S/C30H40NO10P/c1-19(26(32)40-21-12-9-13-21)31-42(36,41-25-15-8-11-20-10-6-7-14-22(20)25)39-18-38-28(35)30(4,5)24-17-37-16-23(24)29(2,3)27(33)34/h6-8,10-11,14-15,19,21,23-24H,9,12-13,16-18H2,1-5H3,(H,31,36)(H,33,34)/t19-,23?,24?,42?/m0/s1. The molecule has 1 aliphatic carbocycles. The molecular weight excluding hydrogens is 565 g/mol. The Bertz CT molecular complexity index is 1350. The molecule has 0 aromatic heterocycles. The van der Waals surface area contributed by atoms with Crippen molar-refractivity contribution in [3.63, 3.8) is 0 Å². The summed E-state index contributed by atoms with van der Waals surface area (Å²) >= 11 is 0. The van der Waals surface area contributed by atoms with Gasteiger partial charge in [-0.1, -0.05) is 36.4 Å². The molecule has 1 saturated carbocycles. The van der Waals surface area contributed by atoms with Crippen LogP contribution >= 0.6 is 7.75 Å². The molecule has 4 atom stereocenters. The second-order valence-corrected chi connectivity index (χ2v) is 13.8. The number of nitrogens with one attached hydrogen (secondary N) is 1. The van der Waals surface area contributed by atoms with Crippen LogP contribution in [0, 0.1) is 22.7 Å². The van der Waals surface area contributed by atoms with Crippen LogP contribution in [0.3, 0.4) is 0 Å². The predicted molar refractivity (Wildman–Crippen MR) is 154 cm³/mol. The van der Waals surface area contributed by atoms with Crippen molar-refractivity contribution in [1.82, 2.24) is 5.09 Å². The Morgan fingerprint density at radius 1 is 1.02 bits per heavy atom. The Kier molecular flexibility index (Phi) is 9.67. The first-order chi connectivity index (χ1) is 19.7. The molecule has 2 fully saturated rings. The highest BCUT2D eigenvalue weighted by atomic mass is 31.2. The van der Waals surface area contributed by atoms with Gasteiger partial charge in [0.2, 0.25) is 6.79 Å². The first-order valence-corrected chi connectivity index (χ1v) is 15.7. The minimum absolute atomic E-state index is 0.168. The molecule has 12 heteroatoms. The molecule has 0 radical (unpaired) electrons. The molecule has 11 nitrogen and oxygen atoms in total. The van der Waals surface area contributed by atoms with Crippen molar-refractivity contribution in [2.75, 3.05) is 20.0 Å². The molecule has 2 N–H and O–H groups in total. The summed E-state index contributed by atoms with van der Waals surface area (Å²) in [6.07, 6.45) is 2.37. The Labute approximate surface area is 245 Å². The average Bonchev–Trinajstić information content (AvgIpc) is 3.42. The minimum atomic E-state index is -4.31. The lowest BCUT2D eigenvalue weighted by Gasteiger charge is -2.37. The van der Waals surface area contributed by atoms with Crippen LogP contribution in [0.5, 0.6) is 5.75 Å². The van der Waals surface area contributed by atoms with Crippen molar-refractivity contribution < 1.29 is 47.3 Å². The number of fused-ring (bicyclic) bond motifs is 1. The molecule has 1 aliphatic heterocycles. The van der Waals surface area contributed by atoms with Gasteiger partial charge in [0.25, 0.3) is 0 Å². The van der Waals surface area contributed by atoms with Gasteiger partial charge < -0.3 is 23.8 Å². The quantitative estimate of drug-likeness (QED) is 0.174. The normalized spacial score (nSPS) is 21.6. The zero-order chi connectivity index (χ0) is 30.7. The summed E-state index contributed by atoms with van der Waals surface area (Å²) in [5, 5.41) is 13.9. The van der Waals surface area contributed by atoms with Crippen LogP contribution in [-0.4, -0.2) is 55.2 Å². The van der Waals surface area contributed by atoms with Crippen LogP contribution in [0.15, 0.2) is 42.5 Å². The van der Waals surface area contributed by atoms with Gasteiger partial charge >= 0.3 is 25.7 Å². The summed E-state index contributed by atoms with van der Waals surface area (Å²) in [7, 11) is -4.31. The van der Waals surface area contributed by atoms with Gasteiger partial charge in [0, 0.05) is 17.2 Å². The largest absolute Gasteiger partial charge is 0.481 e. The second kappa shape index (κ2) is 12.7. The third-order valence-electron chi connectivity index (χ3n) is 8.43. The van der Waals surface area contributed by atoms with Gasteiger partial charge in [-0.3, -0.25) is 14.4 Å². The number of esters is 2. The Hall–Kier alpha value is -2.98. The molecule has 3 unspecified atom stereocenters. The molecule has 0 amide bonds. The van der Waals surface area contributed by atoms with Gasteiger partial charge in [-0.05, 0) is 65.3 Å². The lowest BCUT2D eigenvalue weighted by Crippen LogP contribution is -2.45. The van der Waals surface area contributed by atoms with Crippen LogP contribution in [0.1, 0.15) is 53.9 Å². The van der Waals surface area contributed by atoms with Crippen molar-refractivity contribution in [3.05, 3.63) is 42.5 Å². The summed E-state index contributed by atoms with van der Waals surface area (Å²) in [4.78, 5) is 37.8. The van der Waals surface area contributed by atoms with E-state index >= 15 is 0 Å². The maximum Gasteiger partial charge on any atom is 0.462 e. The van der Waals surface area contributed by atoms with Crippen LogP contribution in [0.25, 0.3) is 10.8 Å². The van der Waals surface area contributed by atoms with Crippen LogP contribution in [0.2, 0.25) is 0 Å². The molecule has 0 bridgehead atoms. The van der Waals surface area contributed by atoms with Crippen LogP contribution in [-0.2, 0) is 37.7 Å². The number of carboxylic acids is 1. The van der Waals surface area contributed by atoms with Gasteiger partial charge in [0.1, 0.15) is 17.9 Å². The molecular formula is C30H40NO10P. The van der Waals surface area contributed by atoms with Gasteiger partial charge in [-0.25, -0.2) is 9.09 Å². The number of hydrogen-bond acceptors (Lipinski definition) is 9. The first-order valence-electron chi connectivity index (χ1n) is 14.1. The number of carboxylic acid groups (broad SMARTS) is 1. The highest BCUT2D eigenvalue weighted by Crippen LogP contribution is 2.48. The zero-order valence-electron chi connectivity index (χ0n) is 24.7. The third kappa shape index (κ3) is 6.97. The summed E-state index contributed by atoms with van der Waals surface area (Å²) in [6, 6.07) is 11.5. The maximum absolute atomic E-state index is 14.0. The average molecular weight is 606 g/mol. The zero-order valence-corrected chi connectivity index (χ0v) is 25.6. The van der Waals surface area contributed by atoms with E-state index in [2.05, 4.69) is 5.09 Å². The number of aliphatic carboxylic acids is 1. The van der Waals surface area contributed by atoms with E-state index in [1.807, 2.05) is 24.3 Å². The number of ether oxygens (including phenoxy) is 3. The summed E-state index contributed by atoms with van der Waals surface area (Å²) in [5.74, 6) is -2.91. The van der Waals surface area contributed by atoms with Gasteiger partial charge in [-0.15, -0.1) is 0 Å².